The summed E-state index contributed by atoms with van der Waals surface area (Å²) in [5.74, 6) is 0.642. The van der Waals surface area contributed by atoms with Gasteiger partial charge in [0.25, 0.3) is 0 Å². The number of rotatable bonds is 6. The summed E-state index contributed by atoms with van der Waals surface area (Å²) in [5.41, 5.74) is 1.06. The smallest absolute Gasteiger partial charge is 0.341 e. The van der Waals surface area contributed by atoms with Crippen LogP contribution < -0.4 is 20.3 Å². The Labute approximate surface area is 185 Å². The number of hydrogen-bond donors (Lipinski definition) is 2. The first-order valence-electron chi connectivity index (χ1n) is 10.9. The summed E-state index contributed by atoms with van der Waals surface area (Å²) in [7, 11) is 0. The molecule has 2 amide bonds. The van der Waals surface area contributed by atoms with Crippen LogP contribution >= 0.6 is 0 Å². The Morgan fingerprint density at radius 1 is 1.22 bits per heavy atom. The largest absolute Gasteiger partial charge is 0.423 e. The second-order valence-corrected chi connectivity index (χ2v) is 7.88. The van der Waals surface area contributed by atoms with Crippen molar-refractivity contribution in [3.05, 3.63) is 24.3 Å². The molecule has 12 nitrogen and oxygen atoms in total. The van der Waals surface area contributed by atoms with Crippen molar-refractivity contribution < 1.29 is 23.7 Å². The summed E-state index contributed by atoms with van der Waals surface area (Å²) in [4.78, 5) is 14.1. The van der Waals surface area contributed by atoms with Gasteiger partial charge in [-0.3, -0.25) is 0 Å². The predicted molar refractivity (Wildman–Crippen MR) is 112 cm³/mol. The highest BCUT2D eigenvalue weighted by atomic mass is 16.6. The van der Waals surface area contributed by atoms with Gasteiger partial charge in [-0.05, 0) is 29.5 Å². The van der Waals surface area contributed by atoms with E-state index in [4.69, 9.17) is 18.9 Å². The van der Waals surface area contributed by atoms with Crippen LogP contribution in [0, 0.1) is 0 Å². The molecular formula is C20H27N7O5. The minimum Gasteiger partial charge on any atom is -0.423 e. The third kappa shape index (κ3) is 4.20. The first-order chi connectivity index (χ1) is 15.7. The molecule has 4 heterocycles. The number of nitrogens with one attached hydrogen (secondary N) is 2. The maximum atomic E-state index is 11.9. The summed E-state index contributed by atoms with van der Waals surface area (Å²) >= 11 is 0. The summed E-state index contributed by atoms with van der Waals surface area (Å²) in [6.45, 7) is 6.24. The summed E-state index contributed by atoms with van der Waals surface area (Å²) in [6.07, 6.45) is -0.559. The van der Waals surface area contributed by atoms with Crippen molar-refractivity contribution in [3.8, 4) is 11.8 Å². The fourth-order valence-corrected chi connectivity index (χ4v) is 4.32. The molecule has 4 atom stereocenters. The number of hydrogen-bond acceptors (Lipinski definition) is 9. The third-order valence-corrected chi connectivity index (χ3v) is 5.86. The number of nitrogens with zero attached hydrogens (tertiary/aromatic N) is 5. The summed E-state index contributed by atoms with van der Waals surface area (Å²) < 4.78 is 25.0. The van der Waals surface area contributed by atoms with Gasteiger partial charge in [0.1, 0.15) is 24.0 Å². The average Bonchev–Trinajstić information content (AvgIpc) is 3.53. The van der Waals surface area contributed by atoms with Gasteiger partial charge in [-0.15, -0.1) is 0 Å². The van der Waals surface area contributed by atoms with E-state index in [0.717, 1.165) is 18.8 Å². The highest BCUT2D eigenvalue weighted by Crippen LogP contribution is 2.36. The molecule has 1 aromatic heterocycles. The highest BCUT2D eigenvalue weighted by Gasteiger charge is 2.50. The van der Waals surface area contributed by atoms with Crippen LogP contribution in [0.1, 0.15) is 13.0 Å². The van der Waals surface area contributed by atoms with Crippen molar-refractivity contribution in [2.45, 2.75) is 31.2 Å². The van der Waals surface area contributed by atoms with E-state index in [1.807, 2.05) is 31.2 Å². The minimum atomic E-state index is -0.285. The minimum absolute atomic E-state index is 0.234. The maximum Gasteiger partial charge on any atom is 0.341 e. The van der Waals surface area contributed by atoms with Crippen molar-refractivity contribution in [2.24, 2.45) is 0 Å². The lowest BCUT2D eigenvalue weighted by Crippen LogP contribution is -2.48. The molecule has 2 aromatic rings. The van der Waals surface area contributed by atoms with Crippen LogP contribution in [0.15, 0.2) is 24.3 Å². The number of carbonyl (C=O) groups is 1. The predicted octanol–water partition coefficient (Wildman–Crippen LogP) is 0.328. The molecule has 1 aromatic carbocycles. The standard InChI is InChI=1S/C20H27N7O5/c1-2-21-19(28)22-15-11-30-18-16(12-31-17(15)18)27-20(23-24-25-27)32-14-5-3-4-13(10-14)26-6-8-29-9-7-26/h3-5,10,15-18H,2,6-9,11-12H2,1H3,(H2,21,22,28). The first-order valence-corrected chi connectivity index (χ1v) is 10.9. The Kier molecular flexibility index (Phi) is 6.06. The van der Waals surface area contributed by atoms with Crippen LogP contribution in [0.25, 0.3) is 0 Å². The number of urea groups is 1. The van der Waals surface area contributed by atoms with Crippen LogP contribution in [-0.4, -0.2) is 90.5 Å². The zero-order chi connectivity index (χ0) is 21.9. The molecule has 172 valence electrons. The molecule has 3 aliphatic heterocycles. The number of amides is 2. The average molecular weight is 445 g/mol. The highest BCUT2D eigenvalue weighted by molar-refractivity contribution is 5.74. The Morgan fingerprint density at radius 3 is 2.91 bits per heavy atom. The van der Waals surface area contributed by atoms with Gasteiger partial charge in [0.2, 0.25) is 0 Å². The first kappa shape index (κ1) is 20.9. The van der Waals surface area contributed by atoms with Crippen LogP contribution in [0.4, 0.5) is 10.5 Å². The molecule has 0 spiro atoms. The number of ether oxygens (including phenoxy) is 4. The van der Waals surface area contributed by atoms with Gasteiger partial charge in [0.05, 0.1) is 32.5 Å². The molecule has 12 heteroatoms. The monoisotopic (exact) mass is 445 g/mol. The fourth-order valence-electron chi connectivity index (χ4n) is 4.32. The van der Waals surface area contributed by atoms with E-state index in [-0.39, 0.29) is 36.3 Å². The van der Waals surface area contributed by atoms with Crippen LogP contribution in [0.5, 0.6) is 11.8 Å². The van der Waals surface area contributed by atoms with Gasteiger partial charge in [0.15, 0.2) is 0 Å². The molecule has 5 rings (SSSR count). The Bertz CT molecular complexity index is 935. The van der Waals surface area contributed by atoms with Gasteiger partial charge >= 0.3 is 12.0 Å². The molecule has 0 saturated carbocycles. The SMILES string of the molecule is CCNC(=O)NC1COC2C1OCC2n1nnnc1Oc1cccc(N2CCOCC2)c1. The Hall–Kier alpha value is -2.96. The molecule has 3 saturated heterocycles. The van der Waals surface area contributed by atoms with Crippen LogP contribution in [-0.2, 0) is 14.2 Å². The number of anilines is 1. The molecular weight excluding hydrogens is 418 g/mol. The zero-order valence-corrected chi connectivity index (χ0v) is 17.8. The fraction of sp³-hybridized carbons (Fsp3) is 0.600. The van der Waals surface area contributed by atoms with Crippen molar-refractivity contribution in [3.63, 3.8) is 0 Å². The Balaban J connectivity index is 1.27. The number of aromatic nitrogens is 4. The van der Waals surface area contributed by atoms with Crippen molar-refractivity contribution >= 4 is 11.7 Å². The van der Waals surface area contributed by atoms with Crippen molar-refractivity contribution in [1.82, 2.24) is 30.8 Å². The topological polar surface area (TPSA) is 125 Å². The second kappa shape index (κ2) is 9.27. The van der Waals surface area contributed by atoms with Gasteiger partial charge in [0, 0.05) is 31.4 Å². The second-order valence-electron chi connectivity index (χ2n) is 7.88. The van der Waals surface area contributed by atoms with E-state index in [1.54, 1.807) is 4.68 Å². The van der Waals surface area contributed by atoms with Crippen LogP contribution in [0.3, 0.4) is 0 Å². The molecule has 0 radical (unpaired) electrons. The zero-order valence-electron chi connectivity index (χ0n) is 17.8. The van der Waals surface area contributed by atoms with Gasteiger partial charge in [-0.2, -0.15) is 4.68 Å². The number of morpholine rings is 1. The van der Waals surface area contributed by atoms with E-state index in [1.165, 1.54) is 0 Å². The van der Waals surface area contributed by atoms with Crippen molar-refractivity contribution in [1.29, 1.82) is 0 Å². The number of benzene rings is 1. The quantitative estimate of drug-likeness (QED) is 0.647. The number of fused-ring (bicyclic) bond motifs is 1. The lowest BCUT2D eigenvalue weighted by atomic mass is 10.1. The van der Waals surface area contributed by atoms with E-state index in [2.05, 4.69) is 31.1 Å². The lowest BCUT2D eigenvalue weighted by Gasteiger charge is -2.29. The molecule has 0 aliphatic carbocycles. The molecule has 3 fully saturated rings. The molecule has 32 heavy (non-hydrogen) atoms. The van der Waals surface area contributed by atoms with E-state index in [9.17, 15) is 4.79 Å². The van der Waals surface area contributed by atoms with Crippen molar-refractivity contribution in [2.75, 3.05) is 51.0 Å². The Morgan fingerprint density at radius 2 is 2.06 bits per heavy atom. The molecule has 0 bridgehead atoms. The maximum absolute atomic E-state index is 11.9. The molecule has 4 unspecified atom stereocenters. The molecule has 2 N–H and O–H groups in total. The van der Waals surface area contributed by atoms with E-state index >= 15 is 0 Å². The lowest BCUT2D eigenvalue weighted by molar-refractivity contribution is 0.0613. The van der Waals surface area contributed by atoms with Gasteiger partial charge < -0.3 is 34.5 Å². The third-order valence-electron chi connectivity index (χ3n) is 5.86. The van der Waals surface area contributed by atoms with E-state index in [0.29, 0.717) is 38.7 Å². The van der Waals surface area contributed by atoms with Gasteiger partial charge in [-0.1, -0.05) is 11.2 Å². The number of tetrazole rings is 1. The normalized spacial score (nSPS) is 27.2. The van der Waals surface area contributed by atoms with Gasteiger partial charge in [-0.25, -0.2) is 4.79 Å². The number of carbonyl (C=O) groups excluding carboxylic acids is 1. The summed E-state index contributed by atoms with van der Waals surface area (Å²) in [6, 6.07) is 7.37. The summed E-state index contributed by atoms with van der Waals surface area (Å²) in [5, 5.41) is 17.6. The molecule has 3 aliphatic rings. The van der Waals surface area contributed by atoms with E-state index < -0.39 is 0 Å². The van der Waals surface area contributed by atoms with Crippen LogP contribution in [0.2, 0.25) is 0 Å².